The zero-order chi connectivity index (χ0) is 24.8. The molecular weight excluding hydrogens is 442 g/mol. The van der Waals surface area contributed by atoms with Gasteiger partial charge in [0.1, 0.15) is 17.9 Å². The molecule has 35 heavy (non-hydrogen) atoms. The molecule has 2 aromatic carbocycles. The zero-order valence-electron chi connectivity index (χ0n) is 19.6. The SMILES string of the molecule is C=CCc1ccccc1OCCn1cccc1/C=C1\C(=O)NC(=O)N(c2ccc(CC)cc2)C1=O. The number of urea groups is 1. The van der Waals surface area contributed by atoms with E-state index in [2.05, 4.69) is 11.9 Å². The van der Waals surface area contributed by atoms with Crippen LogP contribution in [0, 0.1) is 0 Å². The molecule has 0 spiro atoms. The molecule has 178 valence electrons. The fourth-order valence-electron chi connectivity index (χ4n) is 3.91. The Hall–Kier alpha value is -4.39. The number of para-hydroxylation sites is 1. The minimum atomic E-state index is -0.761. The van der Waals surface area contributed by atoms with Crippen molar-refractivity contribution >= 4 is 29.6 Å². The van der Waals surface area contributed by atoms with Gasteiger partial charge in [-0.1, -0.05) is 43.3 Å². The average molecular weight is 470 g/mol. The van der Waals surface area contributed by atoms with E-state index in [-0.39, 0.29) is 5.57 Å². The number of allylic oxidation sites excluding steroid dienone is 1. The number of hydrogen-bond donors (Lipinski definition) is 1. The number of benzene rings is 2. The molecule has 1 aromatic heterocycles. The van der Waals surface area contributed by atoms with Gasteiger partial charge < -0.3 is 9.30 Å². The van der Waals surface area contributed by atoms with E-state index in [1.54, 1.807) is 18.2 Å². The van der Waals surface area contributed by atoms with Crippen molar-refractivity contribution in [1.29, 1.82) is 0 Å². The van der Waals surface area contributed by atoms with Gasteiger partial charge in [0.15, 0.2) is 0 Å². The molecule has 4 amide bonds. The first-order valence-corrected chi connectivity index (χ1v) is 11.5. The normalized spacial score (nSPS) is 14.8. The summed E-state index contributed by atoms with van der Waals surface area (Å²) in [5, 5.41) is 2.27. The van der Waals surface area contributed by atoms with E-state index in [1.165, 1.54) is 6.08 Å². The van der Waals surface area contributed by atoms with Gasteiger partial charge in [-0.15, -0.1) is 6.58 Å². The molecule has 3 aromatic rings. The number of ether oxygens (including phenoxy) is 1. The molecular formula is C28H27N3O4. The third kappa shape index (κ3) is 5.24. The number of nitrogens with zero attached hydrogens (tertiary/aromatic N) is 2. The van der Waals surface area contributed by atoms with Crippen LogP contribution in [0.2, 0.25) is 0 Å². The zero-order valence-corrected chi connectivity index (χ0v) is 19.6. The molecule has 1 fully saturated rings. The number of aryl methyl sites for hydroxylation is 1. The summed E-state index contributed by atoms with van der Waals surface area (Å²) in [4.78, 5) is 39.1. The maximum absolute atomic E-state index is 13.2. The van der Waals surface area contributed by atoms with E-state index in [4.69, 9.17) is 4.74 Å². The lowest BCUT2D eigenvalue weighted by Gasteiger charge is -2.26. The van der Waals surface area contributed by atoms with Gasteiger partial charge in [0, 0.05) is 11.9 Å². The summed E-state index contributed by atoms with van der Waals surface area (Å²) in [5.41, 5.74) is 3.09. The highest BCUT2D eigenvalue weighted by atomic mass is 16.5. The van der Waals surface area contributed by atoms with Crippen LogP contribution >= 0.6 is 0 Å². The number of carbonyl (C=O) groups is 3. The Morgan fingerprint density at radius 1 is 1.00 bits per heavy atom. The van der Waals surface area contributed by atoms with Crippen molar-refractivity contribution in [2.75, 3.05) is 11.5 Å². The Morgan fingerprint density at radius 3 is 2.51 bits per heavy atom. The van der Waals surface area contributed by atoms with Crippen LogP contribution in [0.3, 0.4) is 0 Å². The summed E-state index contributed by atoms with van der Waals surface area (Å²) in [5.74, 6) is -0.585. The molecule has 0 saturated carbocycles. The van der Waals surface area contributed by atoms with Crippen molar-refractivity contribution in [3.8, 4) is 5.75 Å². The minimum absolute atomic E-state index is 0.110. The van der Waals surface area contributed by atoms with Crippen LogP contribution < -0.4 is 15.0 Å². The fraction of sp³-hybridized carbons (Fsp3) is 0.179. The standard InChI is InChI=1S/C28H27N3O4/c1-3-8-21-9-5-6-11-25(21)35-18-17-30-16-7-10-23(30)19-24-26(32)29-28(34)31(27(24)33)22-14-12-20(4-2)13-15-22/h3,5-7,9-16,19H,1,4,8,17-18H2,2H3,(H,29,32,34)/b24-19+. The number of imide groups is 2. The van der Waals surface area contributed by atoms with Crippen molar-refractivity contribution in [2.24, 2.45) is 0 Å². The number of carbonyl (C=O) groups excluding carboxylic acids is 3. The highest BCUT2D eigenvalue weighted by Gasteiger charge is 2.36. The lowest BCUT2D eigenvalue weighted by atomic mass is 10.1. The van der Waals surface area contributed by atoms with E-state index < -0.39 is 17.8 Å². The summed E-state index contributed by atoms with van der Waals surface area (Å²) in [6.45, 7) is 6.71. The van der Waals surface area contributed by atoms with Crippen molar-refractivity contribution in [2.45, 2.75) is 26.3 Å². The molecule has 7 nitrogen and oxygen atoms in total. The summed E-state index contributed by atoms with van der Waals surface area (Å²) in [6.07, 6.45) is 6.73. The largest absolute Gasteiger partial charge is 0.491 e. The van der Waals surface area contributed by atoms with Crippen molar-refractivity contribution < 1.29 is 19.1 Å². The third-order valence-electron chi connectivity index (χ3n) is 5.79. The molecule has 0 atom stereocenters. The second-order valence-electron chi connectivity index (χ2n) is 8.05. The fourth-order valence-corrected chi connectivity index (χ4v) is 3.91. The second kappa shape index (κ2) is 10.7. The van der Waals surface area contributed by atoms with Gasteiger partial charge in [-0.2, -0.15) is 0 Å². The van der Waals surface area contributed by atoms with Gasteiger partial charge in [0.25, 0.3) is 11.8 Å². The average Bonchev–Trinajstić information content (AvgIpc) is 3.30. The Balaban J connectivity index is 1.52. The summed E-state index contributed by atoms with van der Waals surface area (Å²) >= 11 is 0. The van der Waals surface area contributed by atoms with Gasteiger partial charge in [-0.05, 0) is 60.4 Å². The van der Waals surface area contributed by atoms with Gasteiger partial charge in [-0.3, -0.25) is 14.9 Å². The van der Waals surface area contributed by atoms with Crippen LogP contribution in [-0.4, -0.2) is 29.0 Å². The summed E-state index contributed by atoms with van der Waals surface area (Å²) in [7, 11) is 0. The summed E-state index contributed by atoms with van der Waals surface area (Å²) < 4.78 is 7.86. The Bertz CT molecular complexity index is 1290. The van der Waals surface area contributed by atoms with Crippen molar-refractivity contribution in [3.05, 3.63) is 102 Å². The smallest absolute Gasteiger partial charge is 0.335 e. The Morgan fingerprint density at radius 2 is 1.77 bits per heavy atom. The lowest BCUT2D eigenvalue weighted by molar-refractivity contribution is -0.122. The number of aromatic nitrogens is 1. The molecule has 0 unspecified atom stereocenters. The predicted molar refractivity (Wildman–Crippen MR) is 135 cm³/mol. The number of hydrogen-bond acceptors (Lipinski definition) is 4. The molecule has 0 radical (unpaired) electrons. The molecule has 2 heterocycles. The van der Waals surface area contributed by atoms with Gasteiger partial charge in [-0.25, -0.2) is 9.69 Å². The van der Waals surface area contributed by atoms with Crippen LogP contribution in [-0.2, 0) is 29.0 Å². The molecule has 1 aliphatic rings. The highest BCUT2D eigenvalue weighted by Crippen LogP contribution is 2.23. The molecule has 1 aliphatic heterocycles. The van der Waals surface area contributed by atoms with Gasteiger partial charge >= 0.3 is 6.03 Å². The molecule has 7 heteroatoms. The number of barbiturate groups is 1. The quantitative estimate of drug-likeness (QED) is 0.284. The first-order valence-electron chi connectivity index (χ1n) is 11.5. The maximum Gasteiger partial charge on any atom is 0.335 e. The van der Waals surface area contributed by atoms with E-state index >= 15 is 0 Å². The lowest BCUT2D eigenvalue weighted by Crippen LogP contribution is -2.54. The monoisotopic (exact) mass is 469 g/mol. The number of anilines is 1. The van der Waals surface area contributed by atoms with Crippen molar-refractivity contribution in [3.63, 3.8) is 0 Å². The first kappa shape index (κ1) is 23.8. The number of rotatable bonds is 9. The van der Waals surface area contributed by atoms with Gasteiger partial charge in [0.2, 0.25) is 0 Å². The highest BCUT2D eigenvalue weighted by molar-refractivity contribution is 6.39. The maximum atomic E-state index is 13.2. The Kier molecular flexibility index (Phi) is 7.26. The molecule has 0 bridgehead atoms. The van der Waals surface area contributed by atoms with E-state index in [9.17, 15) is 14.4 Å². The first-order chi connectivity index (χ1) is 17.0. The van der Waals surface area contributed by atoms with Crippen LogP contribution in [0.25, 0.3) is 6.08 Å². The minimum Gasteiger partial charge on any atom is -0.491 e. The van der Waals surface area contributed by atoms with Crippen LogP contribution in [0.1, 0.15) is 23.7 Å². The topological polar surface area (TPSA) is 80.6 Å². The molecule has 4 rings (SSSR count). The number of nitrogens with one attached hydrogen (secondary N) is 1. The Labute approximate surface area is 204 Å². The third-order valence-corrected chi connectivity index (χ3v) is 5.79. The molecule has 1 saturated heterocycles. The van der Waals surface area contributed by atoms with Crippen LogP contribution in [0.4, 0.5) is 10.5 Å². The van der Waals surface area contributed by atoms with Crippen molar-refractivity contribution in [1.82, 2.24) is 9.88 Å². The molecule has 1 N–H and O–H groups in total. The van der Waals surface area contributed by atoms with Crippen LogP contribution in [0.15, 0.2) is 85.1 Å². The van der Waals surface area contributed by atoms with E-state index in [0.717, 1.165) is 28.2 Å². The molecule has 0 aliphatic carbocycles. The van der Waals surface area contributed by atoms with Gasteiger partial charge in [0.05, 0.1) is 12.2 Å². The van der Waals surface area contributed by atoms with Crippen LogP contribution in [0.5, 0.6) is 5.75 Å². The van der Waals surface area contributed by atoms with E-state index in [1.807, 2.05) is 66.2 Å². The summed E-state index contributed by atoms with van der Waals surface area (Å²) in [6, 6.07) is 17.8. The second-order valence-corrected chi connectivity index (χ2v) is 8.05. The predicted octanol–water partition coefficient (Wildman–Crippen LogP) is 4.52. The van der Waals surface area contributed by atoms with E-state index in [0.29, 0.717) is 31.0 Å². The number of amides is 4.